The van der Waals surface area contributed by atoms with Crippen molar-refractivity contribution in [1.29, 1.82) is 0 Å². The molecule has 0 atom stereocenters. The number of rotatable bonds is 4. The molecule has 4 nitrogen and oxygen atoms in total. The van der Waals surface area contributed by atoms with E-state index in [-0.39, 0.29) is 29.0 Å². The second kappa shape index (κ2) is 7.87. The van der Waals surface area contributed by atoms with Gasteiger partial charge in [-0.1, -0.05) is 30.3 Å². The van der Waals surface area contributed by atoms with Gasteiger partial charge in [0.25, 0.3) is 11.5 Å². The van der Waals surface area contributed by atoms with Crippen LogP contribution in [0.2, 0.25) is 0 Å². The molecule has 4 rings (SSSR count). The fraction of sp³-hybridized carbons (Fsp3) is 0.0435. The van der Waals surface area contributed by atoms with Gasteiger partial charge in [-0.05, 0) is 35.9 Å². The van der Waals surface area contributed by atoms with Crippen molar-refractivity contribution in [2.75, 3.05) is 0 Å². The number of nitrogens with one attached hydrogen (secondary N) is 1. The first-order valence-electron chi connectivity index (χ1n) is 9.06. The van der Waals surface area contributed by atoms with Gasteiger partial charge >= 0.3 is 0 Å². The third kappa shape index (κ3) is 3.69. The first-order valence-corrected chi connectivity index (χ1v) is 9.06. The minimum atomic E-state index is -0.926. The van der Waals surface area contributed by atoms with Crippen molar-refractivity contribution in [2.45, 2.75) is 6.54 Å². The van der Waals surface area contributed by atoms with E-state index in [1.807, 2.05) is 0 Å². The highest BCUT2D eigenvalue weighted by Crippen LogP contribution is 2.20. The van der Waals surface area contributed by atoms with E-state index in [1.54, 1.807) is 30.3 Å². The number of nitrogens with zero attached hydrogens (tertiary/aromatic N) is 1. The number of amides is 1. The molecule has 1 heterocycles. The van der Waals surface area contributed by atoms with Gasteiger partial charge in [0.1, 0.15) is 17.5 Å². The number of pyridine rings is 1. The van der Waals surface area contributed by atoms with Crippen molar-refractivity contribution in [2.24, 2.45) is 0 Å². The fourth-order valence-electron chi connectivity index (χ4n) is 3.21. The first-order chi connectivity index (χ1) is 14.4. The molecule has 7 heteroatoms. The fourth-order valence-corrected chi connectivity index (χ4v) is 3.21. The lowest BCUT2D eigenvalue weighted by Crippen LogP contribution is -2.27. The average molecular weight is 408 g/mol. The number of benzene rings is 3. The molecule has 0 fully saturated rings. The lowest BCUT2D eigenvalue weighted by atomic mass is 10.1. The van der Waals surface area contributed by atoms with Crippen LogP contribution in [0.4, 0.5) is 13.2 Å². The summed E-state index contributed by atoms with van der Waals surface area (Å²) in [6.45, 7) is 0.136. The zero-order valence-corrected chi connectivity index (χ0v) is 15.5. The molecule has 4 aromatic rings. The van der Waals surface area contributed by atoms with E-state index in [0.717, 1.165) is 16.7 Å². The lowest BCUT2D eigenvalue weighted by Gasteiger charge is -2.13. The molecule has 30 heavy (non-hydrogen) atoms. The molecule has 0 aliphatic carbocycles. The van der Waals surface area contributed by atoms with Crippen LogP contribution in [-0.4, -0.2) is 10.5 Å². The summed E-state index contributed by atoms with van der Waals surface area (Å²) in [5.41, 5.74) is 0.133. The second-order valence-electron chi connectivity index (χ2n) is 6.67. The summed E-state index contributed by atoms with van der Waals surface area (Å²) in [5, 5.41) is 3.34. The largest absolute Gasteiger partial charge is 0.348 e. The lowest BCUT2D eigenvalue weighted by molar-refractivity contribution is 0.0952. The molecule has 0 aliphatic heterocycles. The van der Waals surface area contributed by atoms with Gasteiger partial charge in [0.15, 0.2) is 0 Å². The van der Waals surface area contributed by atoms with Gasteiger partial charge < -0.3 is 5.32 Å². The summed E-state index contributed by atoms with van der Waals surface area (Å²) in [7, 11) is 0. The number of carbonyl (C=O) groups is 1. The maximum absolute atomic E-state index is 14.3. The van der Waals surface area contributed by atoms with Gasteiger partial charge in [-0.25, -0.2) is 13.2 Å². The van der Waals surface area contributed by atoms with Crippen LogP contribution in [0.15, 0.2) is 77.7 Å². The quantitative estimate of drug-likeness (QED) is 0.546. The van der Waals surface area contributed by atoms with E-state index in [4.69, 9.17) is 0 Å². The summed E-state index contributed by atoms with van der Waals surface area (Å²) in [6, 6.07) is 15.0. The van der Waals surface area contributed by atoms with E-state index in [0.29, 0.717) is 17.0 Å². The van der Waals surface area contributed by atoms with Gasteiger partial charge in [-0.15, -0.1) is 0 Å². The Kier molecular flexibility index (Phi) is 5.10. The molecule has 1 N–H and O–H groups in total. The predicted molar refractivity (Wildman–Crippen MR) is 107 cm³/mol. The van der Waals surface area contributed by atoms with Crippen molar-refractivity contribution in [3.8, 4) is 5.69 Å². The Labute approximate surface area is 169 Å². The Morgan fingerprint density at radius 3 is 2.23 bits per heavy atom. The molecule has 3 aromatic carbocycles. The number of hydrogen-bond acceptors (Lipinski definition) is 2. The Bertz CT molecular complexity index is 1310. The Morgan fingerprint density at radius 2 is 1.53 bits per heavy atom. The molecule has 1 amide bonds. The first kappa shape index (κ1) is 19.4. The highest BCUT2D eigenvalue weighted by Gasteiger charge is 2.17. The smallest absolute Gasteiger partial charge is 0.263 e. The van der Waals surface area contributed by atoms with E-state index >= 15 is 0 Å². The maximum atomic E-state index is 14.3. The Balaban J connectivity index is 1.78. The number of halogens is 3. The van der Waals surface area contributed by atoms with E-state index in [9.17, 15) is 22.8 Å². The Morgan fingerprint density at radius 1 is 0.867 bits per heavy atom. The maximum Gasteiger partial charge on any atom is 0.263 e. The number of fused-ring (bicyclic) bond motifs is 1. The highest BCUT2D eigenvalue weighted by molar-refractivity contribution is 6.06. The van der Waals surface area contributed by atoms with Crippen molar-refractivity contribution >= 4 is 16.7 Å². The molecular formula is C23H15F3N2O2. The van der Waals surface area contributed by atoms with Gasteiger partial charge in [0.05, 0.1) is 11.3 Å². The summed E-state index contributed by atoms with van der Waals surface area (Å²) >= 11 is 0. The molecule has 150 valence electrons. The summed E-state index contributed by atoms with van der Waals surface area (Å²) in [4.78, 5) is 25.8. The van der Waals surface area contributed by atoms with Crippen molar-refractivity contribution in [3.63, 3.8) is 0 Å². The van der Waals surface area contributed by atoms with Crippen LogP contribution in [0.3, 0.4) is 0 Å². The topological polar surface area (TPSA) is 51.1 Å². The number of aromatic nitrogens is 1. The monoisotopic (exact) mass is 408 g/mol. The molecule has 0 saturated heterocycles. The van der Waals surface area contributed by atoms with Crippen LogP contribution in [0.1, 0.15) is 15.9 Å². The third-order valence-electron chi connectivity index (χ3n) is 4.70. The van der Waals surface area contributed by atoms with Crippen molar-refractivity contribution < 1.29 is 18.0 Å². The SMILES string of the molecule is O=C(NCc1ccc(F)cc1)c1cn(-c2ccc(F)cc2F)c(=O)c2ccccc12. The minimum absolute atomic E-state index is 0.136. The van der Waals surface area contributed by atoms with E-state index in [1.165, 1.54) is 24.4 Å². The van der Waals surface area contributed by atoms with Crippen LogP contribution in [0.5, 0.6) is 0 Å². The number of hydrogen-bond donors (Lipinski definition) is 1. The summed E-state index contributed by atoms with van der Waals surface area (Å²) in [5.74, 6) is -2.58. The van der Waals surface area contributed by atoms with Gasteiger partial charge in [0, 0.05) is 29.6 Å². The van der Waals surface area contributed by atoms with Crippen LogP contribution in [-0.2, 0) is 6.54 Å². The molecule has 0 radical (unpaired) electrons. The standard InChI is InChI=1S/C23H15F3N2O2/c24-15-7-5-14(6-8-15)12-27-22(29)19-13-28(21-10-9-16(25)11-20(21)26)23(30)18-4-2-1-3-17(18)19/h1-11,13H,12H2,(H,27,29). The second-order valence-corrected chi connectivity index (χ2v) is 6.67. The van der Waals surface area contributed by atoms with Crippen LogP contribution in [0.25, 0.3) is 16.5 Å². The average Bonchev–Trinajstić information content (AvgIpc) is 2.74. The molecule has 0 aliphatic rings. The van der Waals surface area contributed by atoms with Gasteiger partial charge in [0.2, 0.25) is 0 Å². The summed E-state index contributed by atoms with van der Waals surface area (Å²) in [6.07, 6.45) is 1.24. The van der Waals surface area contributed by atoms with Crippen LogP contribution < -0.4 is 10.9 Å². The normalized spacial score (nSPS) is 10.9. The minimum Gasteiger partial charge on any atom is -0.348 e. The van der Waals surface area contributed by atoms with E-state index < -0.39 is 23.1 Å². The predicted octanol–water partition coefficient (Wildman–Crippen LogP) is 4.34. The molecule has 0 spiro atoms. The molecular weight excluding hydrogens is 393 g/mol. The van der Waals surface area contributed by atoms with E-state index in [2.05, 4.69) is 5.32 Å². The molecule has 0 unspecified atom stereocenters. The zero-order valence-electron chi connectivity index (χ0n) is 15.5. The van der Waals surface area contributed by atoms with Crippen molar-refractivity contribution in [1.82, 2.24) is 9.88 Å². The summed E-state index contributed by atoms with van der Waals surface area (Å²) < 4.78 is 41.7. The molecule has 0 bridgehead atoms. The highest BCUT2D eigenvalue weighted by atomic mass is 19.1. The van der Waals surface area contributed by atoms with Gasteiger partial charge in [-0.3, -0.25) is 14.2 Å². The zero-order chi connectivity index (χ0) is 21.3. The molecule has 1 aromatic heterocycles. The number of carbonyl (C=O) groups excluding carboxylic acids is 1. The van der Waals surface area contributed by atoms with Crippen LogP contribution in [0, 0.1) is 17.5 Å². The Hall–Kier alpha value is -3.87. The molecule has 0 saturated carbocycles. The van der Waals surface area contributed by atoms with Gasteiger partial charge in [-0.2, -0.15) is 0 Å². The van der Waals surface area contributed by atoms with Crippen molar-refractivity contribution in [3.05, 3.63) is 112 Å². The van der Waals surface area contributed by atoms with Crippen LogP contribution >= 0.6 is 0 Å². The third-order valence-corrected chi connectivity index (χ3v) is 4.70.